The first-order valence-electron chi connectivity index (χ1n) is 12.0. The molecule has 1 atom stereocenters. The lowest BCUT2D eigenvalue weighted by Crippen LogP contribution is -2.50. The first kappa shape index (κ1) is 22.0. The predicted octanol–water partition coefficient (Wildman–Crippen LogP) is 5.23. The molecular formula is C27H36N2O2. The summed E-state index contributed by atoms with van der Waals surface area (Å²) in [6.07, 6.45) is 5.21. The highest BCUT2D eigenvalue weighted by Crippen LogP contribution is 2.29. The molecule has 0 aromatic heterocycles. The van der Waals surface area contributed by atoms with E-state index in [0.717, 1.165) is 25.6 Å². The van der Waals surface area contributed by atoms with Crippen molar-refractivity contribution in [3.63, 3.8) is 0 Å². The van der Waals surface area contributed by atoms with Gasteiger partial charge in [-0.15, -0.1) is 0 Å². The SMILES string of the molecule is CCOC(=O)c1ccc(-c2ccccc2)c(CN2CCCC(N3CCC(C)CC3)C2)c1. The average molecular weight is 421 g/mol. The van der Waals surface area contributed by atoms with Crippen LogP contribution in [-0.4, -0.2) is 54.6 Å². The van der Waals surface area contributed by atoms with Crippen LogP contribution in [-0.2, 0) is 11.3 Å². The molecule has 4 rings (SSSR count). The molecule has 4 heteroatoms. The lowest BCUT2D eigenvalue weighted by atomic mass is 9.94. The van der Waals surface area contributed by atoms with E-state index in [2.05, 4.69) is 47.1 Å². The molecule has 2 aliphatic rings. The quantitative estimate of drug-likeness (QED) is 0.599. The summed E-state index contributed by atoms with van der Waals surface area (Å²) in [5.74, 6) is 0.636. The Hall–Kier alpha value is -2.17. The Morgan fingerprint density at radius 1 is 1.03 bits per heavy atom. The molecule has 0 aliphatic carbocycles. The molecule has 0 radical (unpaired) electrons. The van der Waals surface area contributed by atoms with Gasteiger partial charge in [-0.1, -0.05) is 43.3 Å². The number of rotatable bonds is 6. The molecule has 2 aromatic carbocycles. The Bertz CT molecular complexity index is 859. The lowest BCUT2D eigenvalue weighted by Gasteiger charge is -2.42. The van der Waals surface area contributed by atoms with Gasteiger partial charge in [-0.3, -0.25) is 9.80 Å². The van der Waals surface area contributed by atoms with E-state index in [0.29, 0.717) is 18.2 Å². The number of piperidine rings is 2. The minimum Gasteiger partial charge on any atom is -0.462 e. The van der Waals surface area contributed by atoms with Crippen LogP contribution in [0.25, 0.3) is 11.1 Å². The number of esters is 1. The van der Waals surface area contributed by atoms with Gasteiger partial charge in [-0.05, 0) is 87.0 Å². The van der Waals surface area contributed by atoms with Crippen LogP contribution in [0.15, 0.2) is 48.5 Å². The van der Waals surface area contributed by atoms with Gasteiger partial charge in [-0.2, -0.15) is 0 Å². The molecule has 2 heterocycles. The van der Waals surface area contributed by atoms with Gasteiger partial charge in [-0.25, -0.2) is 4.79 Å². The highest BCUT2D eigenvalue weighted by atomic mass is 16.5. The van der Waals surface area contributed by atoms with E-state index in [-0.39, 0.29) is 5.97 Å². The van der Waals surface area contributed by atoms with Crippen LogP contribution in [0.2, 0.25) is 0 Å². The molecule has 0 N–H and O–H groups in total. The third-order valence-electron chi connectivity index (χ3n) is 6.91. The van der Waals surface area contributed by atoms with Crippen molar-refractivity contribution in [2.75, 3.05) is 32.8 Å². The summed E-state index contributed by atoms with van der Waals surface area (Å²) in [6, 6.07) is 17.2. The number of nitrogens with zero attached hydrogens (tertiary/aromatic N) is 2. The second-order valence-corrected chi connectivity index (χ2v) is 9.21. The highest BCUT2D eigenvalue weighted by Gasteiger charge is 2.28. The maximum atomic E-state index is 12.4. The van der Waals surface area contributed by atoms with Crippen molar-refractivity contribution < 1.29 is 9.53 Å². The van der Waals surface area contributed by atoms with Crippen molar-refractivity contribution in [3.8, 4) is 11.1 Å². The monoisotopic (exact) mass is 420 g/mol. The molecule has 0 spiro atoms. The van der Waals surface area contributed by atoms with Crippen LogP contribution < -0.4 is 0 Å². The largest absolute Gasteiger partial charge is 0.462 e. The van der Waals surface area contributed by atoms with Crippen molar-refractivity contribution in [1.82, 2.24) is 9.80 Å². The highest BCUT2D eigenvalue weighted by molar-refractivity contribution is 5.90. The van der Waals surface area contributed by atoms with Crippen molar-refractivity contribution in [2.45, 2.75) is 52.1 Å². The lowest BCUT2D eigenvalue weighted by molar-refractivity contribution is 0.0525. The molecule has 0 amide bonds. The second kappa shape index (κ2) is 10.4. The number of likely N-dealkylation sites (tertiary alicyclic amines) is 2. The number of carbonyl (C=O) groups excluding carboxylic acids is 1. The number of ether oxygens (including phenoxy) is 1. The Morgan fingerprint density at radius 3 is 2.55 bits per heavy atom. The molecular weight excluding hydrogens is 384 g/mol. The summed E-state index contributed by atoms with van der Waals surface area (Å²) in [5.41, 5.74) is 4.27. The third-order valence-corrected chi connectivity index (χ3v) is 6.91. The minimum absolute atomic E-state index is 0.234. The Kier molecular flexibility index (Phi) is 7.41. The topological polar surface area (TPSA) is 32.8 Å². The second-order valence-electron chi connectivity index (χ2n) is 9.21. The fraction of sp³-hybridized carbons (Fsp3) is 0.519. The van der Waals surface area contributed by atoms with E-state index in [1.54, 1.807) is 0 Å². The maximum absolute atomic E-state index is 12.4. The zero-order chi connectivity index (χ0) is 21.6. The Labute approximate surface area is 187 Å². The van der Waals surface area contributed by atoms with Gasteiger partial charge in [0, 0.05) is 19.1 Å². The standard InChI is InChI=1S/C27H36N2O2/c1-3-31-27(30)23-11-12-26(22-8-5-4-6-9-22)24(18-23)19-28-15-7-10-25(20-28)29-16-13-21(2)14-17-29/h4-6,8-9,11-12,18,21,25H,3,7,10,13-17,19-20H2,1-2H3. The summed E-state index contributed by atoms with van der Waals surface area (Å²) >= 11 is 0. The van der Waals surface area contributed by atoms with Crippen molar-refractivity contribution in [2.24, 2.45) is 5.92 Å². The van der Waals surface area contributed by atoms with Crippen molar-refractivity contribution in [1.29, 1.82) is 0 Å². The van der Waals surface area contributed by atoms with Gasteiger partial charge in [0.05, 0.1) is 12.2 Å². The van der Waals surface area contributed by atoms with Gasteiger partial charge in [0.15, 0.2) is 0 Å². The van der Waals surface area contributed by atoms with E-state index in [9.17, 15) is 4.79 Å². The van der Waals surface area contributed by atoms with Crippen molar-refractivity contribution in [3.05, 3.63) is 59.7 Å². The van der Waals surface area contributed by atoms with Crippen LogP contribution in [0.4, 0.5) is 0 Å². The van der Waals surface area contributed by atoms with E-state index in [4.69, 9.17) is 4.74 Å². The molecule has 2 saturated heterocycles. The fourth-order valence-corrected chi connectivity index (χ4v) is 5.07. The molecule has 4 nitrogen and oxygen atoms in total. The molecule has 0 saturated carbocycles. The van der Waals surface area contributed by atoms with Gasteiger partial charge in [0.1, 0.15) is 0 Å². The van der Waals surface area contributed by atoms with E-state index in [1.165, 1.54) is 55.5 Å². The predicted molar refractivity (Wildman–Crippen MR) is 126 cm³/mol. The fourth-order valence-electron chi connectivity index (χ4n) is 5.07. The summed E-state index contributed by atoms with van der Waals surface area (Å²) in [4.78, 5) is 17.7. The summed E-state index contributed by atoms with van der Waals surface area (Å²) in [7, 11) is 0. The zero-order valence-electron chi connectivity index (χ0n) is 19.1. The van der Waals surface area contributed by atoms with Crippen LogP contribution in [0.5, 0.6) is 0 Å². The number of hydrogen-bond acceptors (Lipinski definition) is 4. The molecule has 0 bridgehead atoms. The summed E-state index contributed by atoms with van der Waals surface area (Å²) < 4.78 is 5.26. The van der Waals surface area contributed by atoms with Gasteiger partial charge in [0.2, 0.25) is 0 Å². The molecule has 1 unspecified atom stereocenters. The zero-order valence-corrected chi connectivity index (χ0v) is 19.1. The van der Waals surface area contributed by atoms with E-state index in [1.807, 2.05) is 25.1 Å². The van der Waals surface area contributed by atoms with Crippen LogP contribution in [0.1, 0.15) is 55.5 Å². The molecule has 31 heavy (non-hydrogen) atoms. The Balaban J connectivity index is 1.54. The first-order chi connectivity index (χ1) is 15.1. The molecule has 2 fully saturated rings. The third kappa shape index (κ3) is 5.55. The smallest absolute Gasteiger partial charge is 0.338 e. The minimum atomic E-state index is -0.234. The average Bonchev–Trinajstić information content (AvgIpc) is 2.80. The normalized spacial score (nSPS) is 21.2. The maximum Gasteiger partial charge on any atom is 0.338 e. The van der Waals surface area contributed by atoms with Crippen LogP contribution in [0.3, 0.4) is 0 Å². The van der Waals surface area contributed by atoms with E-state index < -0.39 is 0 Å². The van der Waals surface area contributed by atoms with Crippen LogP contribution >= 0.6 is 0 Å². The first-order valence-corrected chi connectivity index (χ1v) is 12.0. The number of hydrogen-bond donors (Lipinski definition) is 0. The van der Waals surface area contributed by atoms with Gasteiger partial charge >= 0.3 is 5.97 Å². The van der Waals surface area contributed by atoms with E-state index >= 15 is 0 Å². The molecule has 2 aliphatic heterocycles. The van der Waals surface area contributed by atoms with Gasteiger partial charge in [0.25, 0.3) is 0 Å². The summed E-state index contributed by atoms with van der Waals surface area (Å²) in [6.45, 7) is 10.2. The number of carbonyl (C=O) groups is 1. The summed E-state index contributed by atoms with van der Waals surface area (Å²) in [5, 5.41) is 0. The van der Waals surface area contributed by atoms with Gasteiger partial charge < -0.3 is 4.74 Å². The van der Waals surface area contributed by atoms with Crippen molar-refractivity contribution >= 4 is 5.97 Å². The van der Waals surface area contributed by atoms with Crippen LogP contribution in [0, 0.1) is 5.92 Å². The Morgan fingerprint density at radius 2 is 1.81 bits per heavy atom. The molecule has 166 valence electrons. The molecule has 2 aromatic rings. The number of benzene rings is 2.